The molecule has 222 valence electrons. The van der Waals surface area contributed by atoms with Crippen LogP contribution in [-0.4, -0.2) is 9.97 Å². The Balaban J connectivity index is 0.000000247. The lowest BCUT2D eigenvalue weighted by atomic mass is 10.0. The van der Waals surface area contributed by atoms with Crippen molar-refractivity contribution in [3.8, 4) is 0 Å². The smallest absolute Gasteiger partial charge is 0.154 e. The van der Waals surface area contributed by atoms with Crippen LogP contribution in [0.15, 0.2) is 95.2 Å². The highest BCUT2D eigenvalue weighted by molar-refractivity contribution is 6.30. The zero-order valence-corrected chi connectivity index (χ0v) is 24.3. The van der Waals surface area contributed by atoms with Gasteiger partial charge in [-0.1, -0.05) is 78.7 Å². The lowest BCUT2D eigenvalue weighted by Crippen LogP contribution is -2.05. The van der Waals surface area contributed by atoms with E-state index in [0.717, 1.165) is 16.7 Å². The van der Waals surface area contributed by atoms with Crippen molar-refractivity contribution in [1.82, 2.24) is 9.97 Å². The van der Waals surface area contributed by atoms with Gasteiger partial charge in [0.25, 0.3) is 0 Å². The number of rotatable bonds is 6. The summed E-state index contributed by atoms with van der Waals surface area (Å²) in [5.74, 6) is 1.33. The number of hydrogen-bond acceptors (Lipinski definition) is 9. The summed E-state index contributed by atoms with van der Waals surface area (Å²) in [6.07, 6.45) is 1.36. The van der Waals surface area contributed by atoms with E-state index in [0.29, 0.717) is 52.4 Å². The zero-order valence-electron chi connectivity index (χ0n) is 23.6. The Hall–Kier alpha value is -5.15. The molecular weight excluding hydrogens is 558 g/mol. The molecule has 0 spiro atoms. The van der Waals surface area contributed by atoms with Crippen LogP contribution in [0.1, 0.15) is 40.8 Å². The zero-order chi connectivity index (χ0) is 30.2. The largest absolute Gasteiger partial charge is 0.396 e. The number of aryl methyl sites for hydroxylation is 2. The fourth-order valence-corrected chi connectivity index (χ4v) is 4.51. The first-order valence-corrected chi connectivity index (χ1v) is 13.6. The maximum atomic E-state index is 6.03. The van der Waals surface area contributed by atoms with E-state index >= 15 is 0 Å². The van der Waals surface area contributed by atoms with Gasteiger partial charge in [0.15, 0.2) is 5.82 Å². The molecule has 0 saturated heterocycles. The van der Waals surface area contributed by atoms with Crippen molar-refractivity contribution in [1.29, 1.82) is 0 Å². The second-order valence-electron chi connectivity index (χ2n) is 9.95. The van der Waals surface area contributed by atoms with E-state index in [1.54, 1.807) is 36.4 Å². The van der Waals surface area contributed by atoms with Crippen LogP contribution in [0.3, 0.4) is 0 Å². The maximum Gasteiger partial charge on any atom is 0.154 e. The minimum atomic E-state index is 0. The Morgan fingerprint density at radius 1 is 0.628 bits per heavy atom. The first-order chi connectivity index (χ1) is 20.1. The van der Waals surface area contributed by atoms with E-state index in [9.17, 15) is 0 Å². The van der Waals surface area contributed by atoms with Gasteiger partial charge < -0.3 is 28.7 Å². The monoisotopic (exact) mass is 595 g/mol. The van der Waals surface area contributed by atoms with Gasteiger partial charge in [-0.25, -0.2) is 9.97 Å². The molecule has 0 bridgehead atoms. The number of nitrogens with two attached hydrogens (primary N) is 5. The molecule has 2 aromatic heterocycles. The summed E-state index contributed by atoms with van der Waals surface area (Å²) in [5, 5.41) is 9.18. The van der Waals surface area contributed by atoms with Crippen molar-refractivity contribution in [2.24, 2.45) is 10.2 Å². The van der Waals surface area contributed by atoms with Crippen molar-refractivity contribution >= 4 is 51.9 Å². The fraction of sp³-hybridized carbons (Fsp3) is 0.152. The summed E-state index contributed by atoms with van der Waals surface area (Å²) in [6, 6.07) is 27.1. The van der Waals surface area contributed by atoms with Crippen LogP contribution in [0.4, 0.5) is 40.3 Å². The van der Waals surface area contributed by atoms with E-state index in [-0.39, 0.29) is 13.2 Å². The molecule has 3 aromatic carbocycles. The maximum absolute atomic E-state index is 6.03. The number of benzene rings is 3. The number of anilines is 5. The van der Waals surface area contributed by atoms with Crippen molar-refractivity contribution in [3.63, 3.8) is 0 Å². The summed E-state index contributed by atoms with van der Waals surface area (Å²) in [5.41, 5.74) is 37.4. The molecule has 0 radical (unpaired) electrons. The lowest BCUT2D eigenvalue weighted by molar-refractivity contribution is 1.12. The van der Waals surface area contributed by atoms with Gasteiger partial charge in [0, 0.05) is 5.02 Å². The standard InChI is InChI=1S/C19H18ClN5.C13H16N4.CH4/c1-12-3-2-4-13(9-12)10-14-11-17(21)23-19(22)18(14)25-24-16-7-5-15(20)6-8-16;1-8-3-2-4-9(5-8)6-10-7-11(14)17-13(16)12(10)15;/h2-9,11H,10H2,1H3,(H4,21,22,23);2-5,7H,6,15H2,1H3,(H4,14,16,17);1H4. The highest BCUT2D eigenvalue weighted by Crippen LogP contribution is 2.31. The minimum Gasteiger partial charge on any atom is -0.396 e. The number of nitrogens with zero attached hydrogens (tertiary/aromatic N) is 4. The number of nitrogen functional groups attached to an aromatic ring is 5. The SMILES string of the molecule is C.Cc1cccc(Cc2cc(N)nc(N)c2N)c1.Cc1cccc(Cc2cc(N)nc(N)c2N=Nc2ccc(Cl)cc2)c1. The topological polar surface area (TPSA) is 181 Å². The Morgan fingerprint density at radius 3 is 1.70 bits per heavy atom. The van der Waals surface area contributed by atoms with Crippen LogP contribution in [0.5, 0.6) is 0 Å². The molecule has 0 amide bonds. The van der Waals surface area contributed by atoms with Gasteiger partial charge in [0.05, 0.1) is 11.4 Å². The molecule has 5 aromatic rings. The summed E-state index contributed by atoms with van der Waals surface area (Å²) in [4.78, 5) is 8.02. The summed E-state index contributed by atoms with van der Waals surface area (Å²) < 4.78 is 0. The van der Waals surface area contributed by atoms with E-state index < -0.39 is 0 Å². The number of halogens is 1. The van der Waals surface area contributed by atoms with Gasteiger partial charge in [-0.15, -0.1) is 5.11 Å². The van der Waals surface area contributed by atoms with Crippen molar-refractivity contribution < 1.29 is 0 Å². The normalized spacial score (nSPS) is 10.6. The van der Waals surface area contributed by atoms with Crippen LogP contribution in [0.2, 0.25) is 5.02 Å². The molecule has 0 aliphatic heterocycles. The summed E-state index contributed by atoms with van der Waals surface area (Å²) in [7, 11) is 0. The molecule has 10 heteroatoms. The van der Waals surface area contributed by atoms with Crippen LogP contribution in [0.25, 0.3) is 0 Å². The van der Waals surface area contributed by atoms with Crippen LogP contribution < -0.4 is 28.7 Å². The van der Waals surface area contributed by atoms with Crippen molar-refractivity contribution in [3.05, 3.63) is 123 Å². The first kappa shape index (κ1) is 32.4. The highest BCUT2D eigenvalue weighted by atomic mass is 35.5. The average molecular weight is 596 g/mol. The van der Waals surface area contributed by atoms with Crippen molar-refractivity contribution in [2.45, 2.75) is 34.1 Å². The number of aromatic nitrogens is 2. The Labute approximate surface area is 257 Å². The molecular formula is C33H38ClN9. The van der Waals surface area contributed by atoms with Gasteiger partial charge in [-0.3, -0.25) is 0 Å². The van der Waals surface area contributed by atoms with E-state index in [1.807, 2.05) is 12.1 Å². The molecule has 0 fully saturated rings. The molecule has 0 unspecified atom stereocenters. The molecule has 0 aliphatic carbocycles. The average Bonchev–Trinajstić information content (AvgIpc) is 2.92. The molecule has 2 heterocycles. The second-order valence-corrected chi connectivity index (χ2v) is 10.4. The molecule has 5 rings (SSSR count). The Kier molecular flexibility index (Phi) is 11.0. The molecule has 0 saturated carbocycles. The van der Waals surface area contributed by atoms with Crippen LogP contribution in [0, 0.1) is 13.8 Å². The van der Waals surface area contributed by atoms with Crippen LogP contribution >= 0.6 is 11.6 Å². The number of hydrogen-bond donors (Lipinski definition) is 5. The molecule has 10 N–H and O–H groups in total. The first-order valence-electron chi connectivity index (χ1n) is 13.2. The third-order valence-electron chi connectivity index (χ3n) is 6.36. The van der Waals surface area contributed by atoms with Crippen molar-refractivity contribution in [2.75, 3.05) is 28.7 Å². The minimum absolute atomic E-state index is 0. The lowest BCUT2D eigenvalue weighted by Gasteiger charge is -2.09. The number of pyridine rings is 2. The third kappa shape index (κ3) is 9.17. The molecule has 43 heavy (non-hydrogen) atoms. The van der Waals surface area contributed by atoms with E-state index in [4.69, 9.17) is 40.3 Å². The highest BCUT2D eigenvalue weighted by Gasteiger charge is 2.11. The third-order valence-corrected chi connectivity index (χ3v) is 6.61. The van der Waals surface area contributed by atoms with E-state index in [2.05, 4.69) is 70.4 Å². The van der Waals surface area contributed by atoms with Gasteiger partial charge in [0.1, 0.15) is 23.1 Å². The van der Waals surface area contributed by atoms with Gasteiger partial charge >= 0.3 is 0 Å². The Bertz CT molecular complexity index is 1720. The second kappa shape index (κ2) is 14.7. The number of azo groups is 1. The van der Waals surface area contributed by atoms with E-state index in [1.165, 1.54) is 16.7 Å². The molecule has 9 nitrogen and oxygen atoms in total. The Morgan fingerprint density at radius 2 is 1.14 bits per heavy atom. The summed E-state index contributed by atoms with van der Waals surface area (Å²) in [6.45, 7) is 4.11. The molecule has 0 aliphatic rings. The van der Waals surface area contributed by atoms with Gasteiger partial charge in [-0.2, -0.15) is 5.11 Å². The molecule has 0 atom stereocenters. The van der Waals surface area contributed by atoms with Gasteiger partial charge in [0.2, 0.25) is 0 Å². The summed E-state index contributed by atoms with van der Waals surface area (Å²) >= 11 is 5.88. The van der Waals surface area contributed by atoms with Crippen LogP contribution in [-0.2, 0) is 12.8 Å². The van der Waals surface area contributed by atoms with Gasteiger partial charge in [-0.05, 0) is 85.3 Å². The predicted molar refractivity (Wildman–Crippen MR) is 181 cm³/mol. The fourth-order valence-electron chi connectivity index (χ4n) is 4.38. The quantitative estimate of drug-likeness (QED) is 0.125. The predicted octanol–water partition coefficient (Wildman–Crippen LogP) is 7.58.